The van der Waals surface area contributed by atoms with Crippen LogP contribution in [0.3, 0.4) is 0 Å². The van der Waals surface area contributed by atoms with Crippen LogP contribution in [0.2, 0.25) is 0 Å². The molecule has 0 saturated carbocycles. The molecule has 2 atom stereocenters. The smallest absolute Gasteiger partial charge is 0.181 e. The number of aliphatic hydroxyl groups excluding tert-OH is 1. The van der Waals surface area contributed by atoms with Gasteiger partial charge in [0.1, 0.15) is 20.6 Å². The second-order valence-corrected chi connectivity index (χ2v) is 2.33. The van der Waals surface area contributed by atoms with Crippen LogP contribution in [-0.2, 0) is 4.74 Å². The van der Waals surface area contributed by atoms with Gasteiger partial charge in [-0.05, 0) is 0 Å². The Morgan fingerprint density at radius 3 is 2.58 bits per heavy atom. The SMILES string of the molecule is BCO[C@H](CO)C(O)(C#C)CF. The van der Waals surface area contributed by atoms with Gasteiger partial charge in [-0.1, -0.05) is 5.92 Å². The zero-order valence-electron chi connectivity index (χ0n) is 6.96. The van der Waals surface area contributed by atoms with E-state index in [9.17, 15) is 9.50 Å². The lowest BCUT2D eigenvalue weighted by atomic mass is 9.99. The summed E-state index contributed by atoms with van der Waals surface area (Å²) in [6.45, 7) is -1.37. The van der Waals surface area contributed by atoms with Crippen molar-refractivity contribution in [3.63, 3.8) is 0 Å². The van der Waals surface area contributed by atoms with Crippen LogP contribution in [0.1, 0.15) is 0 Å². The van der Waals surface area contributed by atoms with Gasteiger partial charge in [-0.25, -0.2) is 4.39 Å². The maximum atomic E-state index is 12.2. The van der Waals surface area contributed by atoms with Gasteiger partial charge in [0.2, 0.25) is 0 Å². The molecule has 0 aromatic carbocycles. The lowest BCUT2D eigenvalue weighted by Crippen LogP contribution is -2.47. The minimum atomic E-state index is -2.01. The van der Waals surface area contributed by atoms with E-state index in [0.29, 0.717) is 0 Å². The number of aliphatic hydroxyl groups is 2. The highest BCUT2D eigenvalue weighted by Crippen LogP contribution is 2.13. The maximum Gasteiger partial charge on any atom is 0.181 e. The second-order valence-electron chi connectivity index (χ2n) is 2.33. The number of ether oxygens (including phenoxy) is 1. The van der Waals surface area contributed by atoms with Crippen LogP contribution in [-0.4, -0.2) is 49.6 Å². The molecule has 0 spiro atoms. The highest BCUT2D eigenvalue weighted by molar-refractivity contribution is 6.08. The monoisotopic (exact) mass is 174 g/mol. The first-order chi connectivity index (χ1) is 5.64. The van der Waals surface area contributed by atoms with Crippen molar-refractivity contribution in [2.45, 2.75) is 11.7 Å². The Balaban J connectivity index is 4.35. The highest BCUT2D eigenvalue weighted by atomic mass is 19.1. The molecule has 12 heavy (non-hydrogen) atoms. The summed E-state index contributed by atoms with van der Waals surface area (Å²) in [4.78, 5) is 0. The van der Waals surface area contributed by atoms with E-state index in [-0.39, 0.29) is 6.51 Å². The van der Waals surface area contributed by atoms with Gasteiger partial charge in [0.15, 0.2) is 5.60 Å². The summed E-state index contributed by atoms with van der Waals surface area (Å²) in [7, 11) is 1.66. The third-order valence-electron chi connectivity index (χ3n) is 1.52. The second kappa shape index (κ2) is 5.15. The predicted molar refractivity (Wildman–Crippen MR) is 45.1 cm³/mol. The summed E-state index contributed by atoms with van der Waals surface area (Å²) >= 11 is 0. The van der Waals surface area contributed by atoms with E-state index >= 15 is 0 Å². The van der Waals surface area contributed by atoms with Gasteiger partial charge in [-0.3, -0.25) is 0 Å². The van der Waals surface area contributed by atoms with E-state index in [2.05, 4.69) is 0 Å². The molecule has 0 saturated heterocycles. The van der Waals surface area contributed by atoms with Crippen LogP contribution in [0.5, 0.6) is 0 Å². The highest BCUT2D eigenvalue weighted by Gasteiger charge is 2.35. The van der Waals surface area contributed by atoms with Gasteiger partial charge in [0.25, 0.3) is 0 Å². The van der Waals surface area contributed by atoms with Crippen molar-refractivity contribution in [3.05, 3.63) is 0 Å². The average molecular weight is 174 g/mol. The zero-order chi connectivity index (χ0) is 9.61. The molecule has 0 aliphatic carbocycles. The van der Waals surface area contributed by atoms with Gasteiger partial charge in [0, 0.05) is 6.51 Å². The molecule has 0 aliphatic rings. The summed E-state index contributed by atoms with van der Waals surface area (Å²) < 4.78 is 17.1. The van der Waals surface area contributed by atoms with Crippen molar-refractivity contribution in [2.24, 2.45) is 0 Å². The Morgan fingerprint density at radius 2 is 2.33 bits per heavy atom. The third-order valence-corrected chi connectivity index (χ3v) is 1.52. The molecule has 0 amide bonds. The molecule has 2 N–H and O–H groups in total. The summed E-state index contributed by atoms with van der Waals surface area (Å²) in [5.74, 6) is 1.86. The van der Waals surface area contributed by atoms with Gasteiger partial charge in [-0.15, -0.1) is 6.42 Å². The molecule has 68 valence electrons. The number of hydrogen-bond acceptors (Lipinski definition) is 3. The van der Waals surface area contributed by atoms with E-state index in [0.717, 1.165) is 0 Å². The molecular weight excluding hydrogens is 162 g/mol. The Kier molecular flexibility index (Phi) is 4.90. The van der Waals surface area contributed by atoms with Crippen molar-refractivity contribution < 1.29 is 19.3 Å². The van der Waals surface area contributed by atoms with Gasteiger partial charge < -0.3 is 14.9 Å². The Bertz CT molecular complexity index is 171. The Morgan fingerprint density at radius 1 is 1.75 bits per heavy atom. The summed E-state index contributed by atoms with van der Waals surface area (Å²) in [5, 5.41) is 18.0. The number of terminal acetylenes is 1. The first kappa shape index (κ1) is 11.4. The van der Waals surface area contributed by atoms with Crippen LogP contribution < -0.4 is 0 Å². The lowest BCUT2D eigenvalue weighted by molar-refractivity contribution is -0.0936. The van der Waals surface area contributed by atoms with Crippen molar-refractivity contribution >= 4 is 7.85 Å². The molecule has 0 radical (unpaired) electrons. The summed E-state index contributed by atoms with van der Waals surface area (Å²) in [5.41, 5.74) is -2.01. The molecule has 0 aromatic heterocycles. The van der Waals surface area contributed by atoms with Crippen LogP contribution in [0.15, 0.2) is 0 Å². The van der Waals surface area contributed by atoms with Crippen molar-refractivity contribution in [1.29, 1.82) is 0 Å². The van der Waals surface area contributed by atoms with E-state index in [1.54, 1.807) is 7.85 Å². The first-order valence-electron chi connectivity index (χ1n) is 3.63. The zero-order valence-corrected chi connectivity index (χ0v) is 6.96. The molecule has 0 rings (SSSR count). The summed E-state index contributed by atoms with van der Waals surface area (Å²) in [6.07, 6.45) is 3.84. The van der Waals surface area contributed by atoms with Crippen molar-refractivity contribution in [2.75, 3.05) is 19.8 Å². The molecule has 3 nitrogen and oxygen atoms in total. The molecule has 0 aliphatic heterocycles. The third kappa shape index (κ3) is 2.49. The number of halogens is 1. The number of rotatable bonds is 5. The van der Waals surface area contributed by atoms with Crippen molar-refractivity contribution in [3.8, 4) is 12.3 Å². The quantitative estimate of drug-likeness (QED) is 0.385. The molecule has 0 aromatic rings. The van der Waals surface area contributed by atoms with Gasteiger partial charge in [-0.2, -0.15) is 0 Å². The summed E-state index contributed by atoms with van der Waals surface area (Å²) in [6, 6.07) is 0. The van der Waals surface area contributed by atoms with Crippen LogP contribution in [0.4, 0.5) is 4.39 Å². The van der Waals surface area contributed by atoms with Crippen LogP contribution in [0, 0.1) is 12.3 Å². The number of hydrogen-bond donors (Lipinski definition) is 2. The topological polar surface area (TPSA) is 49.7 Å². The molecule has 1 unspecified atom stereocenters. The molecule has 5 heteroatoms. The van der Waals surface area contributed by atoms with Crippen LogP contribution in [0.25, 0.3) is 0 Å². The minimum absolute atomic E-state index is 0.259. The standard InChI is InChI=1S/C7H12BFO3/c1-2-7(11,4-9)6(3-10)12-5-8/h1,6,10-11H,3-5,8H2/t6-,7?/m1/s1. The molecular formula is C7H12BFO3. The van der Waals surface area contributed by atoms with E-state index in [1.807, 2.05) is 5.92 Å². The average Bonchev–Trinajstić information content (AvgIpc) is 2.13. The fourth-order valence-corrected chi connectivity index (χ4v) is 0.760. The molecule has 0 heterocycles. The van der Waals surface area contributed by atoms with E-state index in [4.69, 9.17) is 16.3 Å². The molecule has 0 fully saturated rings. The maximum absolute atomic E-state index is 12.2. The Hall–Kier alpha value is -0.565. The first-order valence-corrected chi connectivity index (χ1v) is 3.63. The van der Waals surface area contributed by atoms with Gasteiger partial charge in [0.05, 0.1) is 6.61 Å². The van der Waals surface area contributed by atoms with E-state index < -0.39 is 25.0 Å². The fraction of sp³-hybridized carbons (Fsp3) is 0.714. The Labute approximate surface area is 71.9 Å². The van der Waals surface area contributed by atoms with Crippen LogP contribution >= 0.6 is 0 Å². The molecule has 0 bridgehead atoms. The normalized spacial score (nSPS) is 17.8. The lowest BCUT2D eigenvalue weighted by Gasteiger charge is -2.27. The number of alkyl halides is 1. The van der Waals surface area contributed by atoms with Crippen molar-refractivity contribution in [1.82, 2.24) is 0 Å². The predicted octanol–water partition coefficient (Wildman–Crippen LogP) is -1.71. The van der Waals surface area contributed by atoms with E-state index in [1.165, 1.54) is 0 Å². The minimum Gasteiger partial charge on any atom is -0.394 e. The fourth-order valence-electron chi connectivity index (χ4n) is 0.760. The van der Waals surface area contributed by atoms with Gasteiger partial charge >= 0.3 is 0 Å². The largest absolute Gasteiger partial charge is 0.394 e.